The standard InChI is InChI=1S/C25H27FN4O2/c1-18-16-30(17-28-18)23-10-7-20(15-24(23)31-2)14-21-4-3-12-27-25(21)29-32-13-11-19-5-8-22(26)9-6-19/h5-10,14-17H,3-4,11-13H2,1-2H3,(H,27,29)/b21-14+. The van der Waals surface area contributed by atoms with E-state index in [1.165, 1.54) is 12.1 Å². The van der Waals surface area contributed by atoms with E-state index < -0.39 is 0 Å². The van der Waals surface area contributed by atoms with Gasteiger partial charge in [0.25, 0.3) is 0 Å². The maximum absolute atomic E-state index is 13.0. The lowest BCUT2D eigenvalue weighted by molar-refractivity contribution is 0.0873. The average molecular weight is 435 g/mol. The van der Waals surface area contributed by atoms with Gasteiger partial charge in [-0.1, -0.05) is 18.2 Å². The Balaban J connectivity index is 1.43. The summed E-state index contributed by atoms with van der Waals surface area (Å²) in [5.41, 5.74) is 8.04. The van der Waals surface area contributed by atoms with Crippen molar-refractivity contribution in [3.05, 3.63) is 83.2 Å². The van der Waals surface area contributed by atoms with E-state index in [2.05, 4.69) is 27.6 Å². The summed E-state index contributed by atoms with van der Waals surface area (Å²) in [5.74, 6) is 1.29. The van der Waals surface area contributed by atoms with Crippen LogP contribution in [0.5, 0.6) is 5.75 Å². The van der Waals surface area contributed by atoms with Crippen LogP contribution >= 0.6 is 0 Å². The highest BCUT2D eigenvalue weighted by atomic mass is 19.1. The van der Waals surface area contributed by atoms with Crippen LogP contribution in [0.2, 0.25) is 0 Å². The minimum atomic E-state index is -0.232. The molecule has 0 saturated heterocycles. The summed E-state index contributed by atoms with van der Waals surface area (Å²) >= 11 is 0. The number of rotatable bonds is 7. The fourth-order valence-corrected chi connectivity index (χ4v) is 3.61. The van der Waals surface area contributed by atoms with E-state index in [1.54, 1.807) is 25.6 Å². The molecule has 0 saturated carbocycles. The number of hydrogen-bond acceptors (Lipinski definition) is 5. The molecule has 0 aliphatic carbocycles. The van der Waals surface area contributed by atoms with E-state index in [1.807, 2.05) is 29.8 Å². The van der Waals surface area contributed by atoms with E-state index in [0.29, 0.717) is 13.0 Å². The average Bonchev–Trinajstić information content (AvgIpc) is 3.25. The summed E-state index contributed by atoms with van der Waals surface area (Å²) in [6.45, 7) is 3.19. The topological polar surface area (TPSA) is 60.7 Å². The molecule has 0 fully saturated rings. The van der Waals surface area contributed by atoms with Crippen LogP contribution in [-0.2, 0) is 11.3 Å². The molecular formula is C25H27FN4O2. The fourth-order valence-electron chi connectivity index (χ4n) is 3.61. The number of aliphatic imine (C=N–C) groups is 1. The molecule has 0 atom stereocenters. The largest absolute Gasteiger partial charge is 0.495 e. The van der Waals surface area contributed by atoms with Crippen LogP contribution in [0.25, 0.3) is 11.8 Å². The maximum atomic E-state index is 13.0. The van der Waals surface area contributed by atoms with Crippen molar-refractivity contribution in [1.29, 1.82) is 0 Å². The van der Waals surface area contributed by atoms with Gasteiger partial charge in [0.2, 0.25) is 0 Å². The van der Waals surface area contributed by atoms with Gasteiger partial charge >= 0.3 is 0 Å². The van der Waals surface area contributed by atoms with Crippen molar-refractivity contribution in [2.75, 3.05) is 20.3 Å². The Morgan fingerprint density at radius 3 is 2.78 bits per heavy atom. The summed E-state index contributed by atoms with van der Waals surface area (Å²) < 4.78 is 20.6. The predicted molar refractivity (Wildman–Crippen MR) is 124 cm³/mol. The molecule has 0 amide bonds. The SMILES string of the molecule is COc1cc(/C=C2\CCCN=C2NOCCc2ccc(F)cc2)ccc1-n1cnc(C)c1. The lowest BCUT2D eigenvalue weighted by atomic mass is 10.0. The van der Waals surface area contributed by atoms with Crippen molar-refractivity contribution in [2.45, 2.75) is 26.2 Å². The predicted octanol–water partition coefficient (Wildman–Crippen LogP) is 4.67. The molecule has 0 spiro atoms. The summed E-state index contributed by atoms with van der Waals surface area (Å²) in [6.07, 6.45) is 8.46. The van der Waals surface area contributed by atoms with Gasteiger partial charge in [-0.3, -0.25) is 9.83 Å². The van der Waals surface area contributed by atoms with E-state index in [4.69, 9.17) is 9.57 Å². The van der Waals surface area contributed by atoms with Crippen LogP contribution in [0.4, 0.5) is 4.39 Å². The molecule has 0 bridgehead atoms. The van der Waals surface area contributed by atoms with Gasteiger partial charge in [-0.25, -0.2) is 14.9 Å². The molecule has 0 unspecified atom stereocenters. The third-order valence-corrected chi connectivity index (χ3v) is 5.29. The van der Waals surface area contributed by atoms with Gasteiger partial charge in [0, 0.05) is 12.7 Å². The first-order valence-electron chi connectivity index (χ1n) is 10.7. The number of ether oxygens (including phenoxy) is 1. The Labute approximate surface area is 187 Å². The van der Waals surface area contributed by atoms with Crippen LogP contribution in [-0.4, -0.2) is 35.6 Å². The Morgan fingerprint density at radius 1 is 1.19 bits per heavy atom. The second-order valence-corrected chi connectivity index (χ2v) is 7.68. The number of hydroxylamine groups is 1. The molecule has 166 valence electrons. The quantitative estimate of drug-likeness (QED) is 0.434. The van der Waals surface area contributed by atoms with Gasteiger partial charge in [-0.2, -0.15) is 0 Å². The molecule has 1 aromatic heterocycles. The highest BCUT2D eigenvalue weighted by Gasteiger charge is 2.13. The normalized spacial score (nSPS) is 15.0. The van der Waals surface area contributed by atoms with Crippen LogP contribution in [0.15, 0.2) is 65.6 Å². The third kappa shape index (κ3) is 5.42. The van der Waals surface area contributed by atoms with Crippen molar-refractivity contribution < 1.29 is 14.0 Å². The molecule has 0 radical (unpaired) electrons. The number of methoxy groups -OCH3 is 1. The number of nitrogens with one attached hydrogen (secondary N) is 1. The van der Waals surface area contributed by atoms with Crippen LogP contribution in [0.1, 0.15) is 29.7 Å². The molecule has 4 rings (SSSR count). The van der Waals surface area contributed by atoms with Crippen LogP contribution < -0.4 is 10.2 Å². The summed E-state index contributed by atoms with van der Waals surface area (Å²) in [7, 11) is 1.67. The number of hydrogen-bond donors (Lipinski definition) is 1. The van der Waals surface area contributed by atoms with Crippen molar-refractivity contribution in [2.24, 2.45) is 4.99 Å². The van der Waals surface area contributed by atoms with Gasteiger partial charge in [-0.15, -0.1) is 0 Å². The van der Waals surface area contributed by atoms with E-state index >= 15 is 0 Å². The molecule has 3 aromatic rings. The number of amidine groups is 1. The monoisotopic (exact) mass is 434 g/mol. The smallest absolute Gasteiger partial charge is 0.148 e. The van der Waals surface area contributed by atoms with Crippen molar-refractivity contribution in [3.63, 3.8) is 0 Å². The summed E-state index contributed by atoms with van der Waals surface area (Å²) in [4.78, 5) is 14.5. The van der Waals surface area contributed by atoms with Crippen LogP contribution in [0, 0.1) is 12.7 Å². The highest BCUT2D eigenvalue weighted by molar-refractivity contribution is 6.02. The lowest BCUT2D eigenvalue weighted by Gasteiger charge is -2.18. The zero-order valence-corrected chi connectivity index (χ0v) is 18.3. The molecular weight excluding hydrogens is 407 g/mol. The zero-order chi connectivity index (χ0) is 22.3. The minimum absolute atomic E-state index is 0.232. The number of benzene rings is 2. The lowest BCUT2D eigenvalue weighted by Crippen LogP contribution is -2.29. The van der Waals surface area contributed by atoms with Crippen molar-refractivity contribution in [1.82, 2.24) is 15.0 Å². The molecule has 1 N–H and O–H groups in total. The van der Waals surface area contributed by atoms with Gasteiger partial charge in [-0.05, 0) is 73.2 Å². The van der Waals surface area contributed by atoms with Crippen LogP contribution in [0.3, 0.4) is 0 Å². The summed E-state index contributed by atoms with van der Waals surface area (Å²) in [6, 6.07) is 12.6. The second-order valence-electron chi connectivity index (χ2n) is 7.68. The Kier molecular flexibility index (Phi) is 6.97. The van der Waals surface area contributed by atoms with Gasteiger partial charge in [0.1, 0.15) is 17.4 Å². The summed E-state index contributed by atoms with van der Waals surface area (Å²) in [5, 5.41) is 0. The van der Waals surface area contributed by atoms with Gasteiger partial charge in [0.05, 0.1) is 31.4 Å². The Hall–Kier alpha value is -3.45. The van der Waals surface area contributed by atoms with E-state index in [0.717, 1.165) is 59.1 Å². The molecule has 32 heavy (non-hydrogen) atoms. The molecule has 6 nitrogen and oxygen atoms in total. The molecule has 2 aromatic carbocycles. The third-order valence-electron chi connectivity index (χ3n) is 5.29. The first kappa shape index (κ1) is 21.8. The first-order chi connectivity index (χ1) is 15.6. The number of aryl methyl sites for hydroxylation is 1. The number of aromatic nitrogens is 2. The van der Waals surface area contributed by atoms with E-state index in [-0.39, 0.29) is 5.82 Å². The number of halogens is 1. The second kappa shape index (κ2) is 10.2. The zero-order valence-electron chi connectivity index (χ0n) is 18.3. The van der Waals surface area contributed by atoms with E-state index in [9.17, 15) is 4.39 Å². The van der Waals surface area contributed by atoms with Gasteiger partial charge < -0.3 is 9.30 Å². The maximum Gasteiger partial charge on any atom is 0.148 e. The highest BCUT2D eigenvalue weighted by Crippen LogP contribution is 2.26. The molecule has 2 heterocycles. The molecule has 1 aliphatic heterocycles. The molecule has 7 heteroatoms. The van der Waals surface area contributed by atoms with Crippen molar-refractivity contribution >= 4 is 11.9 Å². The molecule has 1 aliphatic rings. The first-order valence-corrected chi connectivity index (χ1v) is 10.7. The van der Waals surface area contributed by atoms with Crippen molar-refractivity contribution in [3.8, 4) is 11.4 Å². The Bertz CT molecular complexity index is 1120. The number of nitrogens with zero attached hydrogens (tertiary/aromatic N) is 3. The Morgan fingerprint density at radius 2 is 2.03 bits per heavy atom. The van der Waals surface area contributed by atoms with Gasteiger partial charge in [0.15, 0.2) is 0 Å². The minimum Gasteiger partial charge on any atom is -0.495 e. The number of imidazole rings is 1. The fraction of sp³-hybridized carbons (Fsp3) is 0.280.